The fourth-order valence-electron chi connectivity index (χ4n) is 3.39. The number of fused-ring (bicyclic) bond motifs is 1. The number of carbonyl (C=O) groups excluding carboxylic acids is 2. The average molecular weight is 373 g/mol. The van der Waals surface area contributed by atoms with Crippen LogP contribution in [-0.4, -0.2) is 42.2 Å². The molecule has 6 heteroatoms. The summed E-state index contributed by atoms with van der Waals surface area (Å²) in [6, 6.07) is 7.17. The Morgan fingerprint density at radius 1 is 1.08 bits per heavy atom. The van der Waals surface area contributed by atoms with Crippen LogP contribution in [0, 0.1) is 0 Å². The van der Waals surface area contributed by atoms with Crippen LogP contribution in [-0.2, 0) is 4.79 Å². The molecule has 1 unspecified atom stereocenters. The van der Waals surface area contributed by atoms with Crippen molar-refractivity contribution in [3.63, 3.8) is 0 Å². The molecule has 0 amide bonds. The van der Waals surface area contributed by atoms with Gasteiger partial charge in [-0.05, 0) is 48.9 Å². The maximum atomic E-state index is 13.1. The average Bonchev–Trinajstić information content (AvgIpc) is 3.31. The number of benzene rings is 1. The SMILES string of the molecule is O=C1C(=C2SC=CS2)C(=O)C(CCN2CCCC2)Oc2ccccc21. The Hall–Kier alpha value is -1.50. The highest BCUT2D eigenvalue weighted by atomic mass is 32.2. The predicted molar refractivity (Wildman–Crippen MR) is 102 cm³/mol. The van der Waals surface area contributed by atoms with Gasteiger partial charge in [0.2, 0.25) is 11.6 Å². The fraction of sp³-hybridized carbons (Fsp3) is 0.368. The predicted octanol–water partition coefficient (Wildman–Crippen LogP) is 3.85. The van der Waals surface area contributed by atoms with Crippen molar-refractivity contribution >= 4 is 35.1 Å². The molecule has 1 aromatic rings. The van der Waals surface area contributed by atoms with E-state index >= 15 is 0 Å². The summed E-state index contributed by atoms with van der Waals surface area (Å²) < 4.78 is 6.78. The third-order valence-corrected chi connectivity index (χ3v) is 6.81. The van der Waals surface area contributed by atoms with E-state index in [1.54, 1.807) is 12.1 Å². The quantitative estimate of drug-likeness (QED) is 0.592. The van der Waals surface area contributed by atoms with E-state index < -0.39 is 6.10 Å². The van der Waals surface area contributed by atoms with Crippen molar-refractivity contribution < 1.29 is 14.3 Å². The molecule has 0 radical (unpaired) electrons. The summed E-state index contributed by atoms with van der Waals surface area (Å²) in [7, 11) is 0. The number of thioether (sulfide) groups is 2. The second kappa shape index (κ2) is 7.40. The highest BCUT2D eigenvalue weighted by Gasteiger charge is 2.37. The van der Waals surface area contributed by atoms with Gasteiger partial charge in [0, 0.05) is 13.0 Å². The smallest absolute Gasteiger partial charge is 0.208 e. The Morgan fingerprint density at radius 2 is 1.80 bits per heavy atom. The van der Waals surface area contributed by atoms with E-state index in [0.29, 0.717) is 17.7 Å². The Bertz CT molecular complexity index is 756. The van der Waals surface area contributed by atoms with Gasteiger partial charge in [-0.1, -0.05) is 35.7 Å². The van der Waals surface area contributed by atoms with Gasteiger partial charge in [0.05, 0.1) is 15.4 Å². The van der Waals surface area contributed by atoms with Gasteiger partial charge >= 0.3 is 0 Å². The van der Waals surface area contributed by atoms with Gasteiger partial charge in [-0.3, -0.25) is 9.59 Å². The highest BCUT2D eigenvalue weighted by molar-refractivity contribution is 8.27. The summed E-state index contributed by atoms with van der Waals surface area (Å²) in [5, 5.41) is 3.81. The minimum absolute atomic E-state index is 0.181. The standard InChI is InChI=1S/C19H19NO3S2/c21-17-13-5-1-2-6-14(13)23-15(7-10-20-8-3-4-9-20)18(22)16(17)19-24-11-12-25-19/h1-2,5-6,11-12,15H,3-4,7-10H2. The minimum Gasteiger partial charge on any atom is -0.481 e. The van der Waals surface area contributed by atoms with Gasteiger partial charge in [-0.15, -0.1) is 0 Å². The van der Waals surface area contributed by atoms with Crippen LogP contribution >= 0.6 is 23.5 Å². The molecule has 1 fully saturated rings. The van der Waals surface area contributed by atoms with Crippen molar-refractivity contribution in [1.82, 2.24) is 4.90 Å². The molecule has 4 nitrogen and oxygen atoms in total. The molecule has 130 valence electrons. The summed E-state index contributed by atoms with van der Waals surface area (Å²) in [4.78, 5) is 28.5. The molecule has 0 aromatic heterocycles. The molecule has 25 heavy (non-hydrogen) atoms. The summed E-state index contributed by atoms with van der Waals surface area (Å²) in [6.07, 6.45) is 2.45. The number of nitrogens with zero attached hydrogens (tertiary/aromatic N) is 1. The number of para-hydroxylation sites is 1. The number of carbonyl (C=O) groups is 2. The molecule has 3 aliphatic heterocycles. The first-order valence-corrected chi connectivity index (χ1v) is 10.3. The van der Waals surface area contributed by atoms with E-state index in [2.05, 4.69) is 4.90 Å². The van der Waals surface area contributed by atoms with Crippen LogP contribution in [0.25, 0.3) is 0 Å². The van der Waals surface area contributed by atoms with E-state index in [9.17, 15) is 9.59 Å². The molecule has 1 atom stereocenters. The van der Waals surface area contributed by atoms with Crippen molar-refractivity contribution in [3.8, 4) is 5.75 Å². The zero-order valence-electron chi connectivity index (χ0n) is 13.8. The fourth-order valence-corrected chi connectivity index (χ4v) is 5.25. The van der Waals surface area contributed by atoms with E-state index in [-0.39, 0.29) is 17.1 Å². The van der Waals surface area contributed by atoms with Crippen LogP contribution in [0.3, 0.4) is 0 Å². The molecule has 1 saturated heterocycles. The first-order chi connectivity index (χ1) is 12.2. The zero-order valence-corrected chi connectivity index (χ0v) is 15.4. The maximum Gasteiger partial charge on any atom is 0.208 e. The molecule has 0 bridgehead atoms. The van der Waals surface area contributed by atoms with Gasteiger partial charge in [-0.2, -0.15) is 0 Å². The monoisotopic (exact) mass is 373 g/mol. The van der Waals surface area contributed by atoms with Gasteiger partial charge in [0.25, 0.3) is 0 Å². The van der Waals surface area contributed by atoms with E-state index in [1.165, 1.54) is 36.4 Å². The molecular formula is C19H19NO3S2. The van der Waals surface area contributed by atoms with Crippen molar-refractivity contribution in [3.05, 3.63) is 50.5 Å². The lowest BCUT2D eigenvalue weighted by molar-refractivity contribution is -0.121. The molecule has 4 rings (SSSR count). The first kappa shape index (κ1) is 16.9. The third kappa shape index (κ3) is 3.43. The summed E-state index contributed by atoms with van der Waals surface area (Å²) in [6.45, 7) is 2.99. The number of likely N-dealkylation sites (tertiary alicyclic amines) is 1. The number of hydrogen-bond donors (Lipinski definition) is 0. The largest absolute Gasteiger partial charge is 0.481 e. The molecule has 3 aliphatic rings. The van der Waals surface area contributed by atoms with Crippen molar-refractivity contribution in [2.45, 2.75) is 25.4 Å². The lowest BCUT2D eigenvalue weighted by Gasteiger charge is -2.20. The summed E-state index contributed by atoms with van der Waals surface area (Å²) in [5.41, 5.74) is 0.770. The van der Waals surface area contributed by atoms with Gasteiger partial charge in [0.15, 0.2) is 6.10 Å². The van der Waals surface area contributed by atoms with Crippen LogP contribution in [0.1, 0.15) is 29.6 Å². The van der Waals surface area contributed by atoms with Crippen molar-refractivity contribution in [1.29, 1.82) is 0 Å². The maximum absolute atomic E-state index is 13.1. The van der Waals surface area contributed by atoms with Crippen LogP contribution in [0.5, 0.6) is 5.75 Å². The van der Waals surface area contributed by atoms with Gasteiger partial charge < -0.3 is 9.64 Å². The number of rotatable bonds is 3. The Kier molecular flexibility index (Phi) is 5.01. The minimum atomic E-state index is -0.600. The number of ketones is 2. The topological polar surface area (TPSA) is 46.6 Å². The Morgan fingerprint density at radius 3 is 2.56 bits per heavy atom. The second-order valence-corrected chi connectivity index (χ2v) is 8.39. The van der Waals surface area contributed by atoms with Gasteiger partial charge in [-0.25, -0.2) is 0 Å². The van der Waals surface area contributed by atoms with Crippen molar-refractivity contribution in [2.24, 2.45) is 0 Å². The lowest BCUT2D eigenvalue weighted by Crippen LogP contribution is -2.33. The molecule has 1 aromatic carbocycles. The molecule has 3 heterocycles. The van der Waals surface area contributed by atoms with Crippen LogP contribution in [0.15, 0.2) is 44.9 Å². The van der Waals surface area contributed by atoms with Crippen molar-refractivity contribution in [2.75, 3.05) is 19.6 Å². The van der Waals surface area contributed by atoms with E-state index in [4.69, 9.17) is 4.74 Å². The second-order valence-electron chi connectivity index (χ2n) is 6.30. The van der Waals surface area contributed by atoms with E-state index in [1.807, 2.05) is 22.9 Å². The molecular weight excluding hydrogens is 354 g/mol. The number of hydrogen-bond acceptors (Lipinski definition) is 6. The number of ether oxygens (including phenoxy) is 1. The van der Waals surface area contributed by atoms with Crippen LogP contribution < -0.4 is 4.74 Å². The molecule has 0 spiro atoms. The lowest BCUT2D eigenvalue weighted by atomic mass is 9.98. The zero-order chi connectivity index (χ0) is 17.2. The summed E-state index contributed by atoms with van der Waals surface area (Å²) >= 11 is 2.88. The van der Waals surface area contributed by atoms with Gasteiger partial charge in [0.1, 0.15) is 5.75 Å². The third-order valence-electron chi connectivity index (χ3n) is 4.68. The Labute approximate surface area is 155 Å². The molecule has 0 saturated carbocycles. The number of Topliss-reactive ketones (excluding diaryl/α,β-unsaturated/α-hetero) is 2. The molecule has 0 N–H and O–H groups in total. The normalized spacial score (nSPS) is 23.8. The first-order valence-electron chi connectivity index (χ1n) is 8.53. The highest BCUT2D eigenvalue weighted by Crippen LogP contribution is 2.43. The van der Waals surface area contributed by atoms with Crippen LogP contribution in [0.4, 0.5) is 0 Å². The Balaban J connectivity index is 1.66. The molecule has 0 aliphatic carbocycles. The van der Waals surface area contributed by atoms with E-state index in [0.717, 1.165) is 23.9 Å². The summed E-state index contributed by atoms with van der Waals surface area (Å²) in [5.74, 6) is 0.117. The van der Waals surface area contributed by atoms with Crippen LogP contribution in [0.2, 0.25) is 0 Å².